The van der Waals surface area contributed by atoms with Crippen LogP contribution in [0.1, 0.15) is 24.1 Å². The normalized spacial score (nSPS) is 17.9. The molecule has 0 aliphatic carbocycles. The van der Waals surface area contributed by atoms with E-state index >= 15 is 0 Å². The maximum absolute atomic E-state index is 12.4. The van der Waals surface area contributed by atoms with Crippen LogP contribution >= 0.6 is 0 Å². The van der Waals surface area contributed by atoms with E-state index in [0.717, 1.165) is 30.6 Å². The van der Waals surface area contributed by atoms with Crippen LogP contribution < -0.4 is 0 Å². The number of piperidine rings is 1. The summed E-state index contributed by atoms with van der Waals surface area (Å²) in [4.78, 5) is 22.6. The number of carbonyl (C=O) groups excluding carboxylic acids is 1. The lowest BCUT2D eigenvalue weighted by molar-refractivity contribution is -0.134. The molecule has 0 spiro atoms. The van der Waals surface area contributed by atoms with Gasteiger partial charge in [-0.3, -0.25) is 14.8 Å². The number of rotatable bonds is 5. The van der Waals surface area contributed by atoms with E-state index in [9.17, 15) is 4.79 Å². The Balaban J connectivity index is 1.50. The second-order valence-electron chi connectivity index (χ2n) is 5.77. The van der Waals surface area contributed by atoms with Crippen LogP contribution in [-0.4, -0.2) is 40.0 Å². The molecule has 5 heteroatoms. The van der Waals surface area contributed by atoms with Crippen molar-refractivity contribution in [2.75, 3.05) is 13.1 Å². The molecule has 0 radical (unpaired) electrons. The number of carbonyl (C=O) groups is 1. The first-order valence-corrected chi connectivity index (χ1v) is 7.99. The fourth-order valence-corrected chi connectivity index (χ4v) is 2.78. The van der Waals surface area contributed by atoms with Gasteiger partial charge in [0, 0.05) is 31.7 Å². The molecule has 1 fully saturated rings. The lowest BCUT2D eigenvalue weighted by Crippen LogP contribution is -2.43. The molecule has 0 N–H and O–H groups in total. The van der Waals surface area contributed by atoms with Crippen LogP contribution in [-0.2, 0) is 22.6 Å². The highest BCUT2D eigenvalue weighted by Gasteiger charge is 2.24. The van der Waals surface area contributed by atoms with Crippen LogP contribution in [0.25, 0.3) is 0 Å². The van der Waals surface area contributed by atoms with Gasteiger partial charge in [-0.25, -0.2) is 0 Å². The van der Waals surface area contributed by atoms with Gasteiger partial charge in [-0.2, -0.15) is 0 Å². The Morgan fingerprint density at radius 2 is 2.22 bits per heavy atom. The molecule has 1 aliphatic rings. The third-order valence-corrected chi connectivity index (χ3v) is 4.00. The van der Waals surface area contributed by atoms with Crippen molar-refractivity contribution in [2.45, 2.75) is 32.0 Å². The van der Waals surface area contributed by atoms with Gasteiger partial charge in [-0.15, -0.1) is 0 Å². The molecule has 0 aromatic carbocycles. The minimum absolute atomic E-state index is 0.0867. The fourth-order valence-electron chi connectivity index (χ4n) is 2.78. The summed E-state index contributed by atoms with van der Waals surface area (Å²) in [5.74, 6) is 0.143. The predicted octanol–water partition coefficient (Wildman–Crippen LogP) is 2.23. The Kier molecular flexibility index (Phi) is 5.32. The number of hydrogen-bond donors (Lipinski definition) is 0. The van der Waals surface area contributed by atoms with Gasteiger partial charge in [-0.1, -0.05) is 12.1 Å². The van der Waals surface area contributed by atoms with E-state index in [0.29, 0.717) is 19.6 Å². The van der Waals surface area contributed by atoms with Gasteiger partial charge in [0.25, 0.3) is 0 Å². The quantitative estimate of drug-likeness (QED) is 0.849. The summed E-state index contributed by atoms with van der Waals surface area (Å²) in [5.41, 5.74) is 1.88. The lowest BCUT2D eigenvalue weighted by Gasteiger charge is -2.32. The van der Waals surface area contributed by atoms with Gasteiger partial charge in [0.15, 0.2) is 0 Å². The Bertz CT molecular complexity index is 619. The Morgan fingerprint density at radius 3 is 3.00 bits per heavy atom. The molecule has 2 aromatic rings. The van der Waals surface area contributed by atoms with Crippen molar-refractivity contribution in [3.63, 3.8) is 0 Å². The summed E-state index contributed by atoms with van der Waals surface area (Å²) in [6.07, 6.45) is 7.69. The van der Waals surface area contributed by atoms with E-state index in [4.69, 9.17) is 4.74 Å². The number of amides is 1. The van der Waals surface area contributed by atoms with Gasteiger partial charge in [-0.05, 0) is 36.6 Å². The van der Waals surface area contributed by atoms with Crippen molar-refractivity contribution in [3.8, 4) is 0 Å². The van der Waals surface area contributed by atoms with Gasteiger partial charge in [0.1, 0.15) is 0 Å². The molecular weight excluding hydrogens is 290 g/mol. The van der Waals surface area contributed by atoms with Gasteiger partial charge >= 0.3 is 0 Å². The Labute approximate surface area is 136 Å². The molecule has 1 unspecified atom stereocenters. The minimum atomic E-state index is 0.0867. The van der Waals surface area contributed by atoms with Crippen LogP contribution in [0.3, 0.4) is 0 Å². The van der Waals surface area contributed by atoms with E-state index in [-0.39, 0.29) is 12.0 Å². The Morgan fingerprint density at radius 1 is 1.26 bits per heavy atom. The number of likely N-dealkylation sites (tertiary alicyclic amines) is 1. The average molecular weight is 311 g/mol. The summed E-state index contributed by atoms with van der Waals surface area (Å²) in [6, 6.07) is 9.59. The molecule has 0 saturated carbocycles. The molecule has 120 valence electrons. The number of aromatic nitrogens is 2. The van der Waals surface area contributed by atoms with E-state index < -0.39 is 0 Å². The topological polar surface area (TPSA) is 55.3 Å². The number of hydrogen-bond acceptors (Lipinski definition) is 4. The van der Waals surface area contributed by atoms with Crippen molar-refractivity contribution in [2.24, 2.45) is 0 Å². The maximum Gasteiger partial charge on any atom is 0.227 e. The second-order valence-corrected chi connectivity index (χ2v) is 5.77. The smallest absolute Gasteiger partial charge is 0.227 e. The van der Waals surface area contributed by atoms with Gasteiger partial charge in [0.2, 0.25) is 5.91 Å². The molecule has 3 rings (SSSR count). The first-order chi connectivity index (χ1) is 11.3. The average Bonchev–Trinajstić information content (AvgIpc) is 2.62. The van der Waals surface area contributed by atoms with Crippen molar-refractivity contribution in [3.05, 3.63) is 60.2 Å². The predicted molar refractivity (Wildman–Crippen MR) is 86.6 cm³/mol. The van der Waals surface area contributed by atoms with Gasteiger partial charge < -0.3 is 9.64 Å². The van der Waals surface area contributed by atoms with Gasteiger partial charge in [0.05, 0.1) is 24.8 Å². The van der Waals surface area contributed by atoms with Crippen molar-refractivity contribution < 1.29 is 9.53 Å². The van der Waals surface area contributed by atoms with Crippen LogP contribution in [0.5, 0.6) is 0 Å². The SMILES string of the molecule is O=C(Cc1cccnc1)N1CCCC(OCc2ccccn2)C1. The van der Waals surface area contributed by atoms with Crippen LogP contribution in [0.4, 0.5) is 0 Å². The largest absolute Gasteiger partial charge is 0.370 e. The summed E-state index contributed by atoms with van der Waals surface area (Å²) >= 11 is 0. The van der Waals surface area contributed by atoms with Crippen LogP contribution in [0.15, 0.2) is 48.9 Å². The molecule has 1 amide bonds. The Hall–Kier alpha value is -2.27. The van der Waals surface area contributed by atoms with Crippen molar-refractivity contribution in [1.82, 2.24) is 14.9 Å². The van der Waals surface area contributed by atoms with Crippen molar-refractivity contribution >= 4 is 5.91 Å². The highest BCUT2D eigenvalue weighted by Crippen LogP contribution is 2.16. The first-order valence-electron chi connectivity index (χ1n) is 7.99. The standard InChI is InChI=1S/C18H21N3O2/c22-18(11-15-5-3-8-19-12-15)21-10-4-7-17(13-21)23-14-16-6-1-2-9-20-16/h1-3,5-6,8-9,12,17H,4,7,10-11,13-14H2. The number of pyridine rings is 2. The zero-order chi connectivity index (χ0) is 15.9. The molecule has 1 saturated heterocycles. The molecule has 2 aromatic heterocycles. The molecule has 0 bridgehead atoms. The molecule has 3 heterocycles. The first kappa shape index (κ1) is 15.6. The number of ether oxygens (including phenoxy) is 1. The summed E-state index contributed by atoms with van der Waals surface area (Å²) in [7, 11) is 0. The molecule has 5 nitrogen and oxygen atoms in total. The zero-order valence-corrected chi connectivity index (χ0v) is 13.1. The lowest BCUT2D eigenvalue weighted by atomic mass is 10.1. The maximum atomic E-state index is 12.4. The minimum Gasteiger partial charge on any atom is -0.370 e. The van der Waals surface area contributed by atoms with Crippen molar-refractivity contribution in [1.29, 1.82) is 0 Å². The number of nitrogens with zero attached hydrogens (tertiary/aromatic N) is 3. The zero-order valence-electron chi connectivity index (χ0n) is 13.1. The molecular formula is C18H21N3O2. The van der Waals surface area contributed by atoms with E-state index in [2.05, 4.69) is 9.97 Å². The van der Waals surface area contributed by atoms with E-state index in [1.54, 1.807) is 18.6 Å². The van der Waals surface area contributed by atoms with E-state index in [1.807, 2.05) is 35.2 Å². The fraction of sp³-hybridized carbons (Fsp3) is 0.389. The van der Waals surface area contributed by atoms with E-state index in [1.165, 1.54) is 0 Å². The third kappa shape index (κ3) is 4.60. The van der Waals surface area contributed by atoms with Crippen LogP contribution in [0.2, 0.25) is 0 Å². The highest BCUT2D eigenvalue weighted by atomic mass is 16.5. The highest BCUT2D eigenvalue weighted by molar-refractivity contribution is 5.78. The van der Waals surface area contributed by atoms with Crippen LogP contribution in [0, 0.1) is 0 Å². The summed E-state index contributed by atoms with van der Waals surface area (Å²) in [5, 5.41) is 0. The molecule has 1 atom stereocenters. The molecule has 1 aliphatic heterocycles. The third-order valence-electron chi connectivity index (χ3n) is 4.00. The summed E-state index contributed by atoms with van der Waals surface area (Å²) < 4.78 is 5.93. The molecule has 23 heavy (non-hydrogen) atoms. The second kappa shape index (κ2) is 7.83. The monoisotopic (exact) mass is 311 g/mol. The summed E-state index contributed by atoms with van der Waals surface area (Å²) in [6.45, 7) is 1.96.